The average Bonchev–Trinajstić information content (AvgIpc) is 3.06. The van der Waals surface area contributed by atoms with Gasteiger partial charge in [0.1, 0.15) is 11.5 Å². The number of aromatic amines is 1. The molecule has 8 heteroatoms. The van der Waals surface area contributed by atoms with E-state index in [0.29, 0.717) is 11.5 Å². The first kappa shape index (κ1) is 15.4. The van der Waals surface area contributed by atoms with Gasteiger partial charge in [-0.25, -0.2) is 15.0 Å². The van der Waals surface area contributed by atoms with Gasteiger partial charge in [-0.3, -0.25) is 4.79 Å². The maximum atomic E-state index is 12.9. The standard InChI is InChI=1S/C15H20N6O2/c16-15-19-11-4-2-1-3-10(11)13(20-15)14(23)21(7-8-22)9-12-17-5-6-18-12/h5-6,22H,1-4,7-9H2,(H,17,18)(H2,16,19,20). The van der Waals surface area contributed by atoms with Crippen LogP contribution in [0.5, 0.6) is 0 Å². The van der Waals surface area contributed by atoms with Gasteiger partial charge in [-0.15, -0.1) is 0 Å². The molecule has 0 aliphatic heterocycles. The number of nitrogens with zero attached hydrogens (tertiary/aromatic N) is 4. The van der Waals surface area contributed by atoms with E-state index in [1.54, 1.807) is 12.4 Å². The first-order valence-corrected chi connectivity index (χ1v) is 7.72. The number of rotatable bonds is 5. The van der Waals surface area contributed by atoms with E-state index in [9.17, 15) is 9.90 Å². The monoisotopic (exact) mass is 316 g/mol. The minimum atomic E-state index is -0.247. The number of anilines is 1. The number of nitrogens with one attached hydrogen (secondary N) is 1. The molecule has 0 unspecified atom stereocenters. The van der Waals surface area contributed by atoms with Crippen LogP contribution in [0.1, 0.15) is 40.4 Å². The summed E-state index contributed by atoms with van der Waals surface area (Å²) in [5.74, 6) is 0.529. The maximum Gasteiger partial charge on any atom is 0.273 e. The Kier molecular flexibility index (Phi) is 4.52. The number of nitrogens with two attached hydrogens (primary N) is 1. The molecule has 1 aliphatic rings. The number of carbonyl (C=O) groups is 1. The molecule has 4 N–H and O–H groups in total. The Labute approximate surface area is 133 Å². The maximum absolute atomic E-state index is 12.9. The quantitative estimate of drug-likeness (QED) is 0.729. The third-order valence-electron chi connectivity index (χ3n) is 3.96. The SMILES string of the molecule is Nc1nc2c(c(C(=O)N(CCO)Cc3ncc[nH]3)n1)CCCC2. The summed E-state index contributed by atoms with van der Waals surface area (Å²) in [6.45, 7) is 0.360. The predicted molar refractivity (Wildman–Crippen MR) is 83.5 cm³/mol. The lowest BCUT2D eigenvalue weighted by Gasteiger charge is -2.23. The highest BCUT2D eigenvalue weighted by molar-refractivity contribution is 5.94. The lowest BCUT2D eigenvalue weighted by Crippen LogP contribution is -2.35. The van der Waals surface area contributed by atoms with Crippen molar-refractivity contribution in [2.24, 2.45) is 0 Å². The van der Waals surface area contributed by atoms with E-state index in [-0.39, 0.29) is 31.6 Å². The molecule has 2 heterocycles. The van der Waals surface area contributed by atoms with Crippen molar-refractivity contribution in [2.45, 2.75) is 32.2 Å². The molecule has 0 saturated heterocycles. The van der Waals surface area contributed by atoms with Crippen molar-refractivity contribution >= 4 is 11.9 Å². The van der Waals surface area contributed by atoms with Crippen molar-refractivity contribution in [2.75, 3.05) is 18.9 Å². The van der Waals surface area contributed by atoms with Gasteiger partial charge in [0, 0.05) is 30.2 Å². The molecule has 0 radical (unpaired) electrons. The van der Waals surface area contributed by atoms with Crippen LogP contribution in [0.2, 0.25) is 0 Å². The van der Waals surface area contributed by atoms with Crippen molar-refractivity contribution in [1.82, 2.24) is 24.8 Å². The molecule has 122 valence electrons. The van der Waals surface area contributed by atoms with Crippen molar-refractivity contribution in [1.29, 1.82) is 0 Å². The topological polar surface area (TPSA) is 121 Å². The highest BCUT2D eigenvalue weighted by Crippen LogP contribution is 2.24. The number of aromatic nitrogens is 4. The summed E-state index contributed by atoms with van der Waals surface area (Å²) < 4.78 is 0. The summed E-state index contributed by atoms with van der Waals surface area (Å²) in [5, 5.41) is 9.27. The second-order valence-electron chi connectivity index (χ2n) is 5.55. The Bertz CT molecular complexity index is 686. The minimum absolute atomic E-state index is 0.121. The van der Waals surface area contributed by atoms with E-state index in [1.165, 1.54) is 4.90 Å². The van der Waals surface area contributed by atoms with Crippen LogP contribution in [0.25, 0.3) is 0 Å². The normalized spacial score (nSPS) is 13.6. The fourth-order valence-electron chi connectivity index (χ4n) is 2.88. The number of hydrogen-bond acceptors (Lipinski definition) is 6. The van der Waals surface area contributed by atoms with Gasteiger partial charge < -0.3 is 20.7 Å². The summed E-state index contributed by atoms with van der Waals surface area (Å²) in [6, 6.07) is 0. The number of carbonyl (C=O) groups excluding carboxylic acids is 1. The number of nitrogen functional groups attached to an aromatic ring is 1. The molecule has 0 aromatic carbocycles. The fraction of sp³-hybridized carbons (Fsp3) is 0.467. The molecule has 2 aromatic heterocycles. The molecule has 23 heavy (non-hydrogen) atoms. The Balaban J connectivity index is 1.92. The first-order chi connectivity index (χ1) is 11.2. The van der Waals surface area contributed by atoms with Gasteiger partial charge in [-0.05, 0) is 25.7 Å². The number of aliphatic hydroxyl groups is 1. The summed E-state index contributed by atoms with van der Waals surface area (Å²) in [4.78, 5) is 30.0. The Morgan fingerprint density at radius 2 is 2.17 bits per heavy atom. The second-order valence-corrected chi connectivity index (χ2v) is 5.55. The van der Waals surface area contributed by atoms with E-state index < -0.39 is 0 Å². The van der Waals surface area contributed by atoms with E-state index in [2.05, 4.69) is 19.9 Å². The zero-order valence-corrected chi connectivity index (χ0v) is 12.8. The van der Waals surface area contributed by atoms with Crippen LogP contribution >= 0.6 is 0 Å². The molecular formula is C15H20N6O2. The number of hydrogen-bond donors (Lipinski definition) is 3. The summed E-state index contributed by atoms with van der Waals surface area (Å²) in [7, 11) is 0. The van der Waals surface area contributed by atoms with Gasteiger partial charge in [0.2, 0.25) is 5.95 Å². The van der Waals surface area contributed by atoms with E-state index >= 15 is 0 Å². The molecule has 0 bridgehead atoms. The second kappa shape index (κ2) is 6.74. The van der Waals surface area contributed by atoms with Crippen LogP contribution in [-0.2, 0) is 19.4 Å². The number of imidazole rings is 1. The van der Waals surface area contributed by atoms with Gasteiger partial charge in [0.15, 0.2) is 0 Å². The van der Waals surface area contributed by atoms with Crippen LogP contribution in [0.15, 0.2) is 12.4 Å². The summed E-state index contributed by atoms with van der Waals surface area (Å²) in [6.07, 6.45) is 6.98. The fourth-order valence-corrected chi connectivity index (χ4v) is 2.88. The molecule has 1 amide bonds. The number of fused-ring (bicyclic) bond motifs is 1. The van der Waals surface area contributed by atoms with Crippen molar-refractivity contribution in [3.05, 3.63) is 35.2 Å². The van der Waals surface area contributed by atoms with Crippen molar-refractivity contribution < 1.29 is 9.90 Å². The summed E-state index contributed by atoms with van der Waals surface area (Å²) >= 11 is 0. The molecule has 8 nitrogen and oxygen atoms in total. The van der Waals surface area contributed by atoms with Crippen LogP contribution in [0, 0.1) is 0 Å². The van der Waals surface area contributed by atoms with Gasteiger partial charge in [0.05, 0.1) is 13.2 Å². The lowest BCUT2D eigenvalue weighted by molar-refractivity contribution is 0.0695. The minimum Gasteiger partial charge on any atom is -0.395 e. The third kappa shape index (κ3) is 3.31. The predicted octanol–water partition coefficient (Wildman–Crippen LogP) is 0.295. The van der Waals surface area contributed by atoms with Crippen molar-refractivity contribution in [3.8, 4) is 0 Å². The number of aliphatic hydroxyl groups excluding tert-OH is 1. The number of aryl methyl sites for hydroxylation is 1. The number of H-pyrrole nitrogens is 1. The third-order valence-corrected chi connectivity index (χ3v) is 3.96. The molecule has 0 fully saturated rings. The zero-order chi connectivity index (χ0) is 16.2. The van der Waals surface area contributed by atoms with Crippen LogP contribution in [-0.4, -0.2) is 49.0 Å². The van der Waals surface area contributed by atoms with E-state index in [0.717, 1.165) is 36.9 Å². The average molecular weight is 316 g/mol. The van der Waals surface area contributed by atoms with E-state index in [4.69, 9.17) is 5.73 Å². The Hall–Kier alpha value is -2.48. The molecule has 0 spiro atoms. The van der Waals surface area contributed by atoms with Gasteiger partial charge >= 0.3 is 0 Å². The lowest BCUT2D eigenvalue weighted by atomic mass is 9.94. The van der Waals surface area contributed by atoms with Gasteiger partial charge in [-0.2, -0.15) is 0 Å². The Morgan fingerprint density at radius 1 is 1.35 bits per heavy atom. The first-order valence-electron chi connectivity index (χ1n) is 7.72. The number of amides is 1. The molecule has 3 rings (SSSR count). The molecular weight excluding hydrogens is 296 g/mol. The van der Waals surface area contributed by atoms with Crippen LogP contribution < -0.4 is 5.73 Å². The molecule has 0 atom stereocenters. The van der Waals surface area contributed by atoms with E-state index in [1.807, 2.05) is 0 Å². The van der Waals surface area contributed by atoms with Crippen LogP contribution in [0.3, 0.4) is 0 Å². The molecule has 1 aliphatic carbocycles. The largest absolute Gasteiger partial charge is 0.395 e. The highest BCUT2D eigenvalue weighted by atomic mass is 16.3. The smallest absolute Gasteiger partial charge is 0.273 e. The van der Waals surface area contributed by atoms with Crippen LogP contribution in [0.4, 0.5) is 5.95 Å². The highest BCUT2D eigenvalue weighted by Gasteiger charge is 2.25. The van der Waals surface area contributed by atoms with Crippen molar-refractivity contribution in [3.63, 3.8) is 0 Å². The zero-order valence-electron chi connectivity index (χ0n) is 12.8. The molecule has 0 saturated carbocycles. The summed E-state index contributed by atoms with van der Waals surface area (Å²) in [5.41, 5.74) is 7.88. The van der Waals surface area contributed by atoms with Gasteiger partial charge in [0.25, 0.3) is 5.91 Å². The Morgan fingerprint density at radius 3 is 2.91 bits per heavy atom. The van der Waals surface area contributed by atoms with Gasteiger partial charge in [-0.1, -0.05) is 0 Å². The molecule has 2 aromatic rings.